The fourth-order valence-corrected chi connectivity index (χ4v) is 3.43. The van der Waals surface area contributed by atoms with Gasteiger partial charge in [-0.3, -0.25) is 14.2 Å². The van der Waals surface area contributed by atoms with Crippen LogP contribution in [0.25, 0.3) is 0 Å². The molecule has 0 aliphatic carbocycles. The number of aromatic nitrogens is 2. The number of rotatable bonds is 6. The molecule has 2 N–H and O–H groups in total. The van der Waals surface area contributed by atoms with Gasteiger partial charge in [0, 0.05) is 25.0 Å². The van der Waals surface area contributed by atoms with Crippen molar-refractivity contribution in [1.29, 1.82) is 0 Å². The van der Waals surface area contributed by atoms with E-state index in [1.54, 1.807) is 48.3 Å². The van der Waals surface area contributed by atoms with Gasteiger partial charge in [0.05, 0.1) is 11.3 Å². The first-order valence-corrected chi connectivity index (χ1v) is 9.47. The van der Waals surface area contributed by atoms with Crippen LogP contribution in [0.3, 0.4) is 0 Å². The zero-order valence-corrected chi connectivity index (χ0v) is 15.2. The van der Waals surface area contributed by atoms with Gasteiger partial charge in [0.25, 0.3) is 10.0 Å². The van der Waals surface area contributed by atoms with E-state index in [0.29, 0.717) is 17.1 Å². The molecule has 27 heavy (non-hydrogen) atoms. The number of benzene rings is 2. The highest BCUT2D eigenvalue weighted by molar-refractivity contribution is 7.92. The van der Waals surface area contributed by atoms with E-state index in [-0.39, 0.29) is 17.2 Å². The lowest BCUT2D eigenvalue weighted by Crippen LogP contribution is -2.15. The topological polar surface area (TPSA) is 93.1 Å². The van der Waals surface area contributed by atoms with E-state index in [1.165, 1.54) is 12.1 Å². The Morgan fingerprint density at radius 3 is 2.33 bits per heavy atom. The molecule has 2 aromatic carbocycles. The minimum atomic E-state index is -3.81. The van der Waals surface area contributed by atoms with Gasteiger partial charge in [-0.1, -0.05) is 12.1 Å². The minimum absolute atomic E-state index is 0.0392. The van der Waals surface area contributed by atoms with Crippen LogP contribution in [0.15, 0.2) is 65.7 Å². The lowest BCUT2D eigenvalue weighted by molar-refractivity contribution is -0.115. The number of nitrogens with one attached hydrogen (secondary N) is 2. The van der Waals surface area contributed by atoms with Crippen LogP contribution in [-0.4, -0.2) is 24.1 Å². The van der Waals surface area contributed by atoms with Crippen molar-refractivity contribution >= 4 is 27.4 Å². The number of carbonyl (C=O) groups excluding carboxylic acids is 1. The first-order valence-electron chi connectivity index (χ1n) is 7.99. The number of carbonyl (C=O) groups is 1. The van der Waals surface area contributed by atoms with E-state index in [0.717, 1.165) is 12.1 Å². The van der Waals surface area contributed by atoms with Crippen LogP contribution in [0.1, 0.15) is 5.56 Å². The van der Waals surface area contributed by atoms with Crippen LogP contribution >= 0.6 is 0 Å². The third-order valence-corrected chi connectivity index (χ3v) is 5.07. The molecular formula is C18H17FN4O3S. The van der Waals surface area contributed by atoms with Crippen molar-refractivity contribution in [2.24, 2.45) is 7.05 Å². The standard InChI is InChI=1S/C18H17FN4O3S/c1-23-11-10-17(21-23)20-18(24)12-13-2-6-15(7-3-13)22-27(25,26)16-8-4-14(19)5-9-16/h2-11,22H,12H2,1H3,(H,20,21,24). The zero-order valence-electron chi connectivity index (χ0n) is 14.4. The van der Waals surface area contributed by atoms with E-state index in [2.05, 4.69) is 15.1 Å². The number of sulfonamides is 1. The largest absolute Gasteiger partial charge is 0.309 e. The summed E-state index contributed by atoms with van der Waals surface area (Å²) >= 11 is 0. The first kappa shape index (κ1) is 18.6. The molecule has 0 unspecified atom stereocenters. The molecule has 0 fully saturated rings. The summed E-state index contributed by atoms with van der Waals surface area (Å²) in [5, 5.41) is 6.74. The average Bonchev–Trinajstić information content (AvgIpc) is 3.01. The molecule has 1 aromatic heterocycles. The van der Waals surface area contributed by atoms with E-state index in [1.807, 2.05) is 0 Å². The van der Waals surface area contributed by atoms with Gasteiger partial charge in [0.2, 0.25) is 5.91 Å². The number of aryl methyl sites for hydroxylation is 1. The maximum atomic E-state index is 12.9. The molecule has 0 atom stereocenters. The number of anilines is 2. The summed E-state index contributed by atoms with van der Waals surface area (Å²) in [6.45, 7) is 0. The maximum absolute atomic E-state index is 12.9. The molecule has 1 heterocycles. The van der Waals surface area contributed by atoms with Crippen molar-refractivity contribution in [3.05, 3.63) is 72.2 Å². The molecule has 3 aromatic rings. The number of amides is 1. The summed E-state index contributed by atoms with van der Waals surface area (Å²) in [6.07, 6.45) is 1.85. The fourth-order valence-electron chi connectivity index (χ4n) is 2.37. The van der Waals surface area contributed by atoms with E-state index in [9.17, 15) is 17.6 Å². The summed E-state index contributed by atoms with van der Waals surface area (Å²) in [5.74, 6) is -0.276. The smallest absolute Gasteiger partial charge is 0.261 e. The van der Waals surface area contributed by atoms with Gasteiger partial charge in [-0.25, -0.2) is 12.8 Å². The molecule has 0 bridgehead atoms. The van der Waals surface area contributed by atoms with Gasteiger partial charge in [-0.15, -0.1) is 0 Å². The highest BCUT2D eigenvalue weighted by atomic mass is 32.2. The molecule has 3 rings (SSSR count). The summed E-state index contributed by atoms with van der Waals surface area (Å²) in [7, 11) is -2.06. The summed E-state index contributed by atoms with van der Waals surface area (Å²) in [5.41, 5.74) is 1.06. The first-order chi connectivity index (χ1) is 12.8. The third kappa shape index (κ3) is 4.91. The monoisotopic (exact) mass is 388 g/mol. The molecule has 0 aliphatic heterocycles. The van der Waals surface area contributed by atoms with Gasteiger partial charge in [0.1, 0.15) is 5.82 Å². The summed E-state index contributed by atoms with van der Waals surface area (Å²) in [4.78, 5) is 12.0. The molecule has 0 spiro atoms. The lowest BCUT2D eigenvalue weighted by Gasteiger charge is -2.09. The Morgan fingerprint density at radius 2 is 1.74 bits per heavy atom. The van der Waals surface area contributed by atoms with Crippen molar-refractivity contribution in [2.45, 2.75) is 11.3 Å². The molecule has 9 heteroatoms. The van der Waals surface area contributed by atoms with Crippen molar-refractivity contribution in [2.75, 3.05) is 10.0 Å². The SMILES string of the molecule is Cn1ccc(NC(=O)Cc2ccc(NS(=O)(=O)c3ccc(F)cc3)cc2)n1. The van der Waals surface area contributed by atoms with E-state index in [4.69, 9.17) is 0 Å². The van der Waals surface area contributed by atoms with Gasteiger partial charge in [-0.2, -0.15) is 5.10 Å². The van der Waals surface area contributed by atoms with Crippen molar-refractivity contribution in [1.82, 2.24) is 9.78 Å². The predicted octanol–water partition coefficient (Wildman–Crippen LogP) is 2.54. The number of hydrogen-bond acceptors (Lipinski definition) is 4. The van der Waals surface area contributed by atoms with Gasteiger partial charge >= 0.3 is 0 Å². The van der Waals surface area contributed by atoms with Gasteiger partial charge in [-0.05, 0) is 42.0 Å². The number of hydrogen-bond donors (Lipinski definition) is 2. The second-order valence-electron chi connectivity index (χ2n) is 5.86. The Kier molecular flexibility index (Phi) is 5.22. The molecule has 7 nitrogen and oxygen atoms in total. The fraction of sp³-hybridized carbons (Fsp3) is 0.111. The van der Waals surface area contributed by atoms with E-state index >= 15 is 0 Å². The van der Waals surface area contributed by atoms with Crippen LogP contribution < -0.4 is 10.0 Å². The van der Waals surface area contributed by atoms with Crippen LogP contribution in [0, 0.1) is 5.82 Å². The summed E-state index contributed by atoms with van der Waals surface area (Å²) < 4.78 is 41.5. The van der Waals surface area contributed by atoms with Crippen molar-refractivity contribution in [3.63, 3.8) is 0 Å². The van der Waals surface area contributed by atoms with Gasteiger partial charge in [0.15, 0.2) is 5.82 Å². The average molecular weight is 388 g/mol. The second kappa shape index (κ2) is 7.58. The third-order valence-electron chi connectivity index (χ3n) is 3.68. The molecule has 140 valence electrons. The maximum Gasteiger partial charge on any atom is 0.261 e. The van der Waals surface area contributed by atoms with E-state index < -0.39 is 15.8 Å². The Morgan fingerprint density at radius 1 is 1.07 bits per heavy atom. The molecule has 0 radical (unpaired) electrons. The number of nitrogens with zero attached hydrogens (tertiary/aromatic N) is 2. The second-order valence-corrected chi connectivity index (χ2v) is 7.54. The molecule has 0 aliphatic rings. The Hall–Kier alpha value is -3.20. The Bertz CT molecular complexity index is 1040. The van der Waals surface area contributed by atoms with Crippen molar-refractivity contribution < 1.29 is 17.6 Å². The molecular weight excluding hydrogens is 371 g/mol. The quantitative estimate of drug-likeness (QED) is 0.679. The van der Waals surface area contributed by atoms with Gasteiger partial charge < -0.3 is 5.32 Å². The minimum Gasteiger partial charge on any atom is -0.309 e. The molecule has 0 saturated carbocycles. The van der Waals surface area contributed by atoms with Crippen molar-refractivity contribution in [3.8, 4) is 0 Å². The lowest BCUT2D eigenvalue weighted by atomic mass is 10.1. The van der Waals surface area contributed by atoms with Crippen LogP contribution in [0.5, 0.6) is 0 Å². The summed E-state index contributed by atoms with van der Waals surface area (Å²) in [6, 6.07) is 12.7. The normalized spacial score (nSPS) is 11.2. The highest BCUT2D eigenvalue weighted by Gasteiger charge is 2.14. The molecule has 1 amide bonds. The molecule has 0 saturated heterocycles. The van der Waals surface area contributed by atoms with Crippen LogP contribution in [0.2, 0.25) is 0 Å². The predicted molar refractivity (Wildman–Crippen MR) is 99.2 cm³/mol. The Labute approximate surface area is 155 Å². The number of halogens is 1. The Balaban J connectivity index is 1.63. The zero-order chi connectivity index (χ0) is 19.4. The van der Waals surface area contributed by atoms with Crippen LogP contribution in [0.4, 0.5) is 15.9 Å². The highest BCUT2D eigenvalue weighted by Crippen LogP contribution is 2.17. The van der Waals surface area contributed by atoms with Crippen LogP contribution in [-0.2, 0) is 28.3 Å².